The lowest BCUT2D eigenvalue weighted by atomic mass is 9.96. The van der Waals surface area contributed by atoms with Crippen LogP contribution in [-0.2, 0) is 4.79 Å². The third-order valence-electron chi connectivity index (χ3n) is 5.52. The summed E-state index contributed by atoms with van der Waals surface area (Å²) in [5.74, 6) is 2.36. The fourth-order valence-electron chi connectivity index (χ4n) is 3.86. The highest BCUT2D eigenvalue weighted by Crippen LogP contribution is 2.39. The first-order valence-corrected chi connectivity index (χ1v) is 10.1. The van der Waals surface area contributed by atoms with Crippen molar-refractivity contribution < 1.29 is 4.79 Å². The molecule has 5 heteroatoms. The molecule has 1 aromatic rings. The summed E-state index contributed by atoms with van der Waals surface area (Å²) in [7, 11) is 1.84. The first-order chi connectivity index (χ1) is 13.6. The Morgan fingerprint density at radius 1 is 1.43 bits per heavy atom. The first-order valence-electron chi connectivity index (χ1n) is 10.1. The third kappa shape index (κ3) is 4.97. The number of nitrogens with zero attached hydrogens (tertiary/aromatic N) is 3. The van der Waals surface area contributed by atoms with Gasteiger partial charge < -0.3 is 10.2 Å². The van der Waals surface area contributed by atoms with Gasteiger partial charge in [-0.15, -0.1) is 0 Å². The van der Waals surface area contributed by atoms with Gasteiger partial charge in [-0.2, -0.15) is 0 Å². The minimum atomic E-state index is 0.0869. The highest BCUT2D eigenvalue weighted by atomic mass is 16.2. The quantitative estimate of drug-likeness (QED) is 0.440. The smallest absolute Gasteiger partial charge is 0.246 e. The monoisotopic (exact) mass is 378 g/mol. The van der Waals surface area contributed by atoms with Gasteiger partial charge in [-0.25, -0.2) is 4.98 Å². The van der Waals surface area contributed by atoms with Crippen LogP contribution < -0.4 is 5.32 Å². The van der Waals surface area contributed by atoms with E-state index in [0.717, 1.165) is 37.3 Å². The second-order valence-corrected chi connectivity index (χ2v) is 7.54. The number of amides is 1. The molecule has 1 amide bonds. The van der Waals surface area contributed by atoms with Crippen molar-refractivity contribution in [3.05, 3.63) is 53.9 Å². The van der Waals surface area contributed by atoms with E-state index in [4.69, 9.17) is 0 Å². The summed E-state index contributed by atoms with van der Waals surface area (Å²) in [6, 6.07) is 3.86. The van der Waals surface area contributed by atoms with Crippen molar-refractivity contribution >= 4 is 24.0 Å². The summed E-state index contributed by atoms with van der Waals surface area (Å²) in [5.41, 5.74) is 2.41. The minimum absolute atomic E-state index is 0.0869. The number of carbonyl (C=O) groups is 1. The number of likely N-dealkylation sites (tertiary alicyclic amines) is 1. The topological polar surface area (TPSA) is 57.6 Å². The van der Waals surface area contributed by atoms with E-state index in [0.29, 0.717) is 17.8 Å². The normalized spacial score (nSPS) is 23.0. The molecular weight excluding hydrogens is 348 g/mol. The van der Waals surface area contributed by atoms with Gasteiger partial charge in [0, 0.05) is 44.8 Å². The van der Waals surface area contributed by atoms with Crippen LogP contribution in [0.15, 0.2) is 53.3 Å². The first kappa shape index (κ1) is 20.1. The molecule has 1 N–H and O–H groups in total. The predicted molar refractivity (Wildman–Crippen MR) is 116 cm³/mol. The van der Waals surface area contributed by atoms with Crippen molar-refractivity contribution in [2.24, 2.45) is 22.7 Å². The fraction of sp³-hybridized carbons (Fsp3) is 0.435. The molecule has 1 aromatic heterocycles. The van der Waals surface area contributed by atoms with Crippen molar-refractivity contribution in [1.29, 1.82) is 0 Å². The molecule has 3 unspecified atom stereocenters. The van der Waals surface area contributed by atoms with Crippen LogP contribution in [0.1, 0.15) is 32.3 Å². The van der Waals surface area contributed by atoms with Crippen molar-refractivity contribution in [3.63, 3.8) is 0 Å². The van der Waals surface area contributed by atoms with Crippen LogP contribution in [0, 0.1) is 17.8 Å². The molecule has 0 radical (unpaired) electrons. The van der Waals surface area contributed by atoms with Gasteiger partial charge in [0.25, 0.3) is 0 Å². The molecule has 1 aliphatic carbocycles. The van der Waals surface area contributed by atoms with E-state index >= 15 is 0 Å². The van der Waals surface area contributed by atoms with Gasteiger partial charge in [0.1, 0.15) is 5.82 Å². The Labute approximate surface area is 168 Å². The van der Waals surface area contributed by atoms with Crippen LogP contribution in [0.3, 0.4) is 0 Å². The number of allylic oxidation sites excluding steroid dienone is 2. The average molecular weight is 379 g/mol. The van der Waals surface area contributed by atoms with Crippen LogP contribution in [0.2, 0.25) is 0 Å². The van der Waals surface area contributed by atoms with Crippen LogP contribution >= 0.6 is 0 Å². The zero-order valence-corrected chi connectivity index (χ0v) is 17.0. The number of nitrogens with one attached hydrogen (secondary N) is 1. The highest BCUT2D eigenvalue weighted by Gasteiger charge is 2.38. The van der Waals surface area contributed by atoms with Crippen LogP contribution in [0.25, 0.3) is 6.08 Å². The molecule has 1 saturated heterocycles. The van der Waals surface area contributed by atoms with E-state index in [-0.39, 0.29) is 5.91 Å². The Morgan fingerprint density at radius 2 is 2.29 bits per heavy atom. The maximum atomic E-state index is 12.5. The maximum Gasteiger partial charge on any atom is 0.246 e. The Bertz CT molecular complexity index is 791. The number of hydrogen-bond donors (Lipinski definition) is 1. The number of rotatable bonds is 7. The molecule has 148 valence electrons. The van der Waals surface area contributed by atoms with E-state index in [1.54, 1.807) is 12.3 Å². The number of aromatic nitrogens is 1. The minimum Gasteiger partial charge on any atom is -0.373 e. The lowest BCUT2D eigenvalue weighted by Gasteiger charge is -2.16. The predicted octanol–water partition coefficient (Wildman–Crippen LogP) is 4.17. The van der Waals surface area contributed by atoms with Gasteiger partial charge >= 0.3 is 0 Å². The van der Waals surface area contributed by atoms with E-state index in [1.807, 2.05) is 42.6 Å². The largest absolute Gasteiger partial charge is 0.373 e. The number of anilines is 1. The molecule has 3 atom stereocenters. The summed E-state index contributed by atoms with van der Waals surface area (Å²) in [4.78, 5) is 23.1. The molecule has 28 heavy (non-hydrogen) atoms. The molecule has 0 bridgehead atoms. The molecule has 5 nitrogen and oxygen atoms in total. The molecule has 0 spiro atoms. The molecule has 1 fully saturated rings. The molecule has 0 aromatic carbocycles. The summed E-state index contributed by atoms with van der Waals surface area (Å²) >= 11 is 0. The van der Waals surface area contributed by atoms with E-state index in [9.17, 15) is 4.79 Å². The second-order valence-electron chi connectivity index (χ2n) is 7.54. The summed E-state index contributed by atoms with van der Waals surface area (Å²) < 4.78 is 0. The Kier molecular flexibility index (Phi) is 6.80. The van der Waals surface area contributed by atoms with Gasteiger partial charge in [0.05, 0.1) is 0 Å². The van der Waals surface area contributed by atoms with Gasteiger partial charge in [-0.1, -0.05) is 31.6 Å². The van der Waals surface area contributed by atoms with Crippen molar-refractivity contribution in [2.75, 3.05) is 25.5 Å². The molecule has 2 heterocycles. The number of pyridine rings is 1. The van der Waals surface area contributed by atoms with Crippen molar-refractivity contribution in [3.8, 4) is 0 Å². The molecule has 0 saturated carbocycles. The van der Waals surface area contributed by atoms with Gasteiger partial charge in [0.2, 0.25) is 5.91 Å². The van der Waals surface area contributed by atoms with Gasteiger partial charge in [-0.3, -0.25) is 9.79 Å². The summed E-state index contributed by atoms with van der Waals surface area (Å²) in [5, 5.41) is 2.99. The Hall–Kier alpha value is -2.69. The molecule has 2 aliphatic rings. The zero-order chi connectivity index (χ0) is 19.9. The summed E-state index contributed by atoms with van der Waals surface area (Å²) in [6.07, 6.45) is 15.7. The maximum absolute atomic E-state index is 12.5. The molecular formula is C23H30N4O. The second kappa shape index (κ2) is 9.49. The lowest BCUT2D eigenvalue weighted by Crippen LogP contribution is -2.27. The average Bonchev–Trinajstić information content (AvgIpc) is 3.29. The highest BCUT2D eigenvalue weighted by molar-refractivity contribution is 5.92. The van der Waals surface area contributed by atoms with Crippen molar-refractivity contribution in [1.82, 2.24) is 9.88 Å². The zero-order valence-electron chi connectivity index (χ0n) is 17.0. The lowest BCUT2D eigenvalue weighted by molar-refractivity contribution is -0.125. The van der Waals surface area contributed by atoms with E-state index in [2.05, 4.69) is 41.3 Å². The third-order valence-corrected chi connectivity index (χ3v) is 5.52. The number of carbonyl (C=O) groups excluding carboxylic acids is 1. The van der Waals surface area contributed by atoms with Crippen LogP contribution in [0.5, 0.6) is 0 Å². The van der Waals surface area contributed by atoms with E-state index < -0.39 is 0 Å². The van der Waals surface area contributed by atoms with Crippen LogP contribution in [0.4, 0.5) is 5.82 Å². The number of hydrogen-bond acceptors (Lipinski definition) is 4. The Morgan fingerprint density at radius 3 is 2.96 bits per heavy atom. The summed E-state index contributed by atoms with van der Waals surface area (Å²) in [6.45, 7) is 5.97. The SMILES string of the molecule is CCC=N/C=C\C(C)C1=CC2CN(C(=O)/C=C/c3ccc(NC)nc3)CC2C1. The fourth-order valence-corrected chi connectivity index (χ4v) is 3.86. The van der Waals surface area contributed by atoms with Gasteiger partial charge in [0.15, 0.2) is 0 Å². The van der Waals surface area contributed by atoms with E-state index in [1.165, 1.54) is 5.57 Å². The van der Waals surface area contributed by atoms with Gasteiger partial charge in [-0.05, 0) is 54.4 Å². The number of fused-ring (bicyclic) bond motifs is 1. The van der Waals surface area contributed by atoms with Crippen molar-refractivity contribution in [2.45, 2.75) is 26.7 Å². The Balaban J connectivity index is 1.53. The molecule has 1 aliphatic heterocycles. The van der Waals surface area contributed by atoms with Crippen LogP contribution in [-0.4, -0.2) is 42.1 Å². The standard InChI is InChI=1S/C23H30N4O/c1-4-10-25-11-9-17(2)19-12-20-15-27(16-21(20)13-19)23(28)8-6-18-5-7-22(24-3)26-14-18/h5-12,14,17,20-21H,4,13,15-16H2,1-3H3,(H,24,26)/b8-6+,11-9-,25-10?. The molecule has 3 rings (SSSR count). The number of aliphatic imine (C=N–C) groups is 1.